The number of nitrogens with one attached hydrogen (secondary N) is 3. The van der Waals surface area contributed by atoms with Crippen molar-refractivity contribution in [3.63, 3.8) is 0 Å². The third kappa shape index (κ3) is 8.67. The largest absolute Gasteiger partial charge is 0.484 e. The Hall–Kier alpha value is -3.67. The maximum atomic E-state index is 13.1. The molecule has 2 atom stereocenters. The minimum atomic E-state index is -2.07. The van der Waals surface area contributed by atoms with Gasteiger partial charge in [0.1, 0.15) is 5.75 Å². The van der Waals surface area contributed by atoms with Crippen molar-refractivity contribution >= 4 is 29.6 Å². The predicted octanol–water partition coefficient (Wildman–Crippen LogP) is 0.819. The summed E-state index contributed by atoms with van der Waals surface area (Å²) in [5.41, 5.74) is -1.92. The molecule has 0 radical (unpaired) electrons. The molecule has 12 nitrogen and oxygen atoms in total. The minimum absolute atomic E-state index is 0.0174. The molecule has 2 aliphatic rings. The molecule has 0 bridgehead atoms. The molecule has 2 saturated heterocycles. The molecule has 3 rings (SSSR count). The molecule has 40 heavy (non-hydrogen) atoms. The average Bonchev–Trinajstić information content (AvgIpc) is 2.95. The van der Waals surface area contributed by atoms with E-state index in [4.69, 9.17) is 4.74 Å². The maximum absolute atomic E-state index is 13.1. The SMILES string of the molecule is CN(C)C(=O)COc1ccc(C(=O)N[C@@](C)(NC(=O)C2CCCN(C(=O)CCC3CCNCC3)C2)C(=O)O)cc1. The molecule has 2 aliphatic heterocycles. The molecule has 2 heterocycles. The number of hydrogen-bond acceptors (Lipinski definition) is 7. The van der Waals surface area contributed by atoms with E-state index in [-0.39, 0.29) is 30.5 Å². The van der Waals surface area contributed by atoms with Gasteiger partial charge in [-0.15, -0.1) is 0 Å². The summed E-state index contributed by atoms with van der Waals surface area (Å²) in [6.45, 7) is 3.79. The second-order valence-electron chi connectivity index (χ2n) is 10.9. The highest BCUT2D eigenvalue weighted by Crippen LogP contribution is 2.22. The minimum Gasteiger partial charge on any atom is -0.484 e. The summed E-state index contributed by atoms with van der Waals surface area (Å²) in [5, 5.41) is 18.1. The summed E-state index contributed by atoms with van der Waals surface area (Å²) >= 11 is 0. The van der Waals surface area contributed by atoms with Crippen molar-refractivity contribution in [2.75, 3.05) is 46.9 Å². The number of nitrogens with zero attached hydrogens (tertiary/aromatic N) is 2. The van der Waals surface area contributed by atoms with E-state index in [1.54, 1.807) is 19.0 Å². The molecule has 12 heteroatoms. The van der Waals surface area contributed by atoms with Crippen LogP contribution >= 0.6 is 0 Å². The summed E-state index contributed by atoms with van der Waals surface area (Å²) in [6.07, 6.45) is 4.56. The second-order valence-corrected chi connectivity index (χ2v) is 10.9. The second kappa shape index (κ2) is 14.1. The van der Waals surface area contributed by atoms with E-state index in [0.717, 1.165) is 32.4 Å². The van der Waals surface area contributed by atoms with Gasteiger partial charge in [0.05, 0.1) is 5.92 Å². The van der Waals surface area contributed by atoms with Crippen molar-refractivity contribution in [2.24, 2.45) is 11.8 Å². The highest BCUT2D eigenvalue weighted by Gasteiger charge is 2.39. The lowest BCUT2D eigenvalue weighted by molar-refractivity contribution is -0.149. The molecule has 220 valence electrons. The molecule has 4 amide bonds. The zero-order chi connectivity index (χ0) is 29.3. The van der Waals surface area contributed by atoms with Gasteiger partial charge in [-0.2, -0.15) is 0 Å². The number of amides is 4. The van der Waals surface area contributed by atoms with Crippen LogP contribution in [-0.2, 0) is 19.2 Å². The van der Waals surface area contributed by atoms with E-state index >= 15 is 0 Å². The van der Waals surface area contributed by atoms with E-state index in [2.05, 4.69) is 16.0 Å². The standard InChI is InChI=1S/C28H41N5O7/c1-28(27(38)39,30-25(36)20-7-9-22(10-8-20)40-18-24(35)32(2)3)31-26(37)21-5-4-16-33(17-21)23(34)11-6-19-12-14-29-15-13-19/h7-10,19,21,29H,4-6,11-18H2,1-3H3,(H,30,36)(H,31,37)(H,38,39)/t21?,28-/m0/s1. The van der Waals surface area contributed by atoms with Crippen LogP contribution in [-0.4, -0.2) is 97.0 Å². The number of carboxylic acids is 1. The van der Waals surface area contributed by atoms with Crippen LogP contribution in [0.15, 0.2) is 24.3 Å². The van der Waals surface area contributed by atoms with Crippen LogP contribution in [0.25, 0.3) is 0 Å². The number of benzene rings is 1. The lowest BCUT2D eigenvalue weighted by atomic mass is 9.92. The molecule has 0 saturated carbocycles. The zero-order valence-corrected chi connectivity index (χ0v) is 23.5. The first-order valence-corrected chi connectivity index (χ1v) is 13.8. The summed E-state index contributed by atoms with van der Waals surface area (Å²) in [4.78, 5) is 65.7. The third-order valence-electron chi connectivity index (χ3n) is 7.51. The van der Waals surface area contributed by atoms with Gasteiger partial charge >= 0.3 is 5.97 Å². The Kier molecular flexibility index (Phi) is 10.9. The zero-order valence-electron chi connectivity index (χ0n) is 23.5. The maximum Gasteiger partial charge on any atom is 0.350 e. The van der Waals surface area contributed by atoms with Crippen molar-refractivity contribution in [3.05, 3.63) is 29.8 Å². The summed E-state index contributed by atoms with van der Waals surface area (Å²) in [5.74, 6) is -2.55. The molecule has 1 unspecified atom stereocenters. The topological polar surface area (TPSA) is 157 Å². The van der Waals surface area contributed by atoms with Gasteiger partial charge in [0, 0.05) is 39.2 Å². The quantitative estimate of drug-likeness (QED) is 0.290. The van der Waals surface area contributed by atoms with Crippen molar-refractivity contribution in [2.45, 2.75) is 51.1 Å². The summed E-state index contributed by atoms with van der Waals surface area (Å²) < 4.78 is 5.39. The number of piperidine rings is 2. The van der Waals surface area contributed by atoms with E-state index in [1.807, 2.05) is 0 Å². The Balaban J connectivity index is 1.55. The first-order valence-electron chi connectivity index (χ1n) is 13.8. The van der Waals surface area contributed by atoms with Crippen LogP contribution in [0.4, 0.5) is 0 Å². The third-order valence-corrected chi connectivity index (χ3v) is 7.51. The first kappa shape index (κ1) is 30.9. The van der Waals surface area contributed by atoms with Gasteiger partial charge in [-0.3, -0.25) is 19.2 Å². The number of rotatable bonds is 11. The molecule has 1 aromatic carbocycles. The Bertz CT molecular complexity index is 1070. The van der Waals surface area contributed by atoms with Gasteiger partial charge in [0.15, 0.2) is 6.61 Å². The number of ether oxygens (including phenoxy) is 1. The molecule has 1 aromatic rings. The number of hydrogen-bond donors (Lipinski definition) is 4. The van der Waals surface area contributed by atoms with E-state index in [1.165, 1.54) is 36.1 Å². The number of likely N-dealkylation sites (tertiary alicyclic amines) is 1. The van der Waals surface area contributed by atoms with Crippen molar-refractivity contribution in [3.8, 4) is 5.75 Å². The Morgan fingerprint density at radius 3 is 2.38 bits per heavy atom. The molecule has 4 N–H and O–H groups in total. The Morgan fingerprint density at radius 1 is 1.07 bits per heavy atom. The fourth-order valence-electron chi connectivity index (χ4n) is 4.84. The van der Waals surface area contributed by atoms with Gasteiger partial charge in [-0.25, -0.2) is 4.79 Å². The fraction of sp³-hybridized carbons (Fsp3) is 0.607. The summed E-state index contributed by atoms with van der Waals surface area (Å²) in [7, 11) is 3.22. The van der Waals surface area contributed by atoms with Crippen molar-refractivity contribution in [1.29, 1.82) is 0 Å². The van der Waals surface area contributed by atoms with Gasteiger partial charge in [0.2, 0.25) is 17.5 Å². The lowest BCUT2D eigenvalue weighted by Crippen LogP contribution is -2.65. The van der Waals surface area contributed by atoms with E-state index in [9.17, 15) is 29.1 Å². The number of aliphatic carboxylic acids is 1. The smallest absolute Gasteiger partial charge is 0.350 e. The molecule has 0 aromatic heterocycles. The first-order chi connectivity index (χ1) is 19.0. The van der Waals surface area contributed by atoms with Crippen LogP contribution < -0.4 is 20.7 Å². The highest BCUT2D eigenvalue weighted by molar-refractivity contribution is 5.99. The van der Waals surface area contributed by atoms with Crippen LogP contribution in [0.5, 0.6) is 5.75 Å². The average molecular weight is 560 g/mol. The van der Waals surface area contributed by atoms with Gasteiger partial charge in [0.25, 0.3) is 11.8 Å². The van der Waals surface area contributed by atoms with Crippen molar-refractivity contribution in [1.82, 2.24) is 25.8 Å². The van der Waals surface area contributed by atoms with Gasteiger partial charge in [-0.1, -0.05) is 0 Å². The van der Waals surface area contributed by atoms with Crippen LogP contribution in [0, 0.1) is 11.8 Å². The lowest BCUT2D eigenvalue weighted by Gasteiger charge is -2.35. The number of carboxylic acid groups (broad SMARTS) is 1. The highest BCUT2D eigenvalue weighted by atomic mass is 16.5. The van der Waals surface area contributed by atoms with Gasteiger partial charge in [-0.05, 0) is 82.3 Å². The van der Waals surface area contributed by atoms with Crippen molar-refractivity contribution < 1.29 is 33.8 Å². The molecule has 2 fully saturated rings. The monoisotopic (exact) mass is 559 g/mol. The van der Waals surface area contributed by atoms with Gasteiger partial charge < -0.3 is 35.6 Å². The molecule has 0 aliphatic carbocycles. The van der Waals surface area contributed by atoms with E-state index in [0.29, 0.717) is 37.5 Å². The Labute approximate surface area is 234 Å². The van der Waals surface area contributed by atoms with Crippen LogP contribution in [0.3, 0.4) is 0 Å². The molecule has 0 spiro atoms. The molecular weight excluding hydrogens is 518 g/mol. The fourth-order valence-corrected chi connectivity index (χ4v) is 4.84. The predicted molar refractivity (Wildman–Crippen MR) is 146 cm³/mol. The molecular formula is C28H41N5O7. The number of carbonyl (C=O) groups is 5. The number of likely N-dealkylation sites (N-methyl/N-ethyl adjacent to an activating group) is 1. The van der Waals surface area contributed by atoms with Crippen LogP contribution in [0.1, 0.15) is 55.8 Å². The van der Waals surface area contributed by atoms with Crippen LogP contribution in [0.2, 0.25) is 0 Å². The summed E-state index contributed by atoms with van der Waals surface area (Å²) in [6, 6.07) is 5.85. The normalized spacial score (nSPS) is 19.2. The Morgan fingerprint density at radius 2 is 1.75 bits per heavy atom. The van der Waals surface area contributed by atoms with E-state index < -0.39 is 29.4 Å². The number of carbonyl (C=O) groups excluding carboxylic acids is 4.